The van der Waals surface area contributed by atoms with Crippen molar-refractivity contribution in [3.63, 3.8) is 0 Å². The Morgan fingerprint density at radius 1 is 1.13 bits per heavy atom. The summed E-state index contributed by atoms with van der Waals surface area (Å²) >= 11 is 5.96. The van der Waals surface area contributed by atoms with E-state index in [0.29, 0.717) is 22.2 Å². The van der Waals surface area contributed by atoms with E-state index in [0.717, 1.165) is 11.1 Å². The van der Waals surface area contributed by atoms with Crippen LogP contribution in [0.3, 0.4) is 0 Å². The molecule has 5 heteroatoms. The molecule has 2 aromatic carbocycles. The van der Waals surface area contributed by atoms with Gasteiger partial charge in [0.1, 0.15) is 11.5 Å². The van der Waals surface area contributed by atoms with Gasteiger partial charge in [-0.05, 0) is 62.2 Å². The van der Waals surface area contributed by atoms with Crippen LogP contribution in [-0.4, -0.2) is 19.1 Å². The van der Waals surface area contributed by atoms with E-state index >= 15 is 0 Å². The molecule has 0 radical (unpaired) electrons. The summed E-state index contributed by atoms with van der Waals surface area (Å²) in [4.78, 5) is 12.3. The SMILES string of the molecule is COc1ccc(Cl)cc1NC(=O)[C@@H](C)Oc1cc(C)cc(C)c1. The topological polar surface area (TPSA) is 47.6 Å². The Morgan fingerprint density at radius 2 is 1.78 bits per heavy atom. The number of nitrogens with one attached hydrogen (secondary N) is 1. The summed E-state index contributed by atoms with van der Waals surface area (Å²) in [7, 11) is 1.54. The standard InChI is InChI=1S/C18H20ClNO3/c1-11-7-12(2)9-15(8-11)23-13(3)18(21)20-16-10-14(19)5-6-17(16)22-4/h5-10,13H,1-4H3,(H,20,21)/t13-/m1/s1. The van der Waals surface area contributed by atoms with Crippen molar-refractivity contribution in [1.82, 2.24) is 0 Å². The van der Waals surface area contributed by atoms with Crippen molar-refractivity contribution in [1.29, 1.82) is 0 Å². The number of aryl methyl sites for hydroxylation is 2. The molecule has 0 aliphatic rings. The van der Waals surface area contributed by atoms with Gasteiger partial charge in [0.15, 0.2) is 6.10 Å². The van der Waals surface area contributed by atoms with E-state index in [2.05, 4.69) is 11.4 Å². The molecule has 0 heterocycles. The summed E-state index contributed by atoms with van der Waals surface area (Å²) < 4.78 is 10.9. The van der Waals surface area contributed by atoms with Gasteiger partial charge in [-0.15, -0.1) is 0 Å². The highest BCUT2D eigenvalue weighted by Crippen LogP contribution is 2.28. The minimum atomic E-state index is -0.653. The number of amides is 1. The number of methoxy groups -OCH3 is 1. The van der Waals surface area contributed by atoms with Gasteiger partial charge in [-0.2, -0.15) is 0 Å². The normalized spacial score (nSPS) is 11.7. The van der Waals surface area contributed by atoms with Crippen molar-refractivity contribution in [2.75, 3.05) is 12.4 Å². The highest BCUT2D eigenvalue weighted by molar-refractivity contribution is 6.31. The van der Waals surface area contributed by atoms with Gasteiger partial charge in [0.25, 0.3) is 5.91 Å². The first kappa shape index (κ1) is 17.2. The van der Waals surface area contributed by atoms with E-state index in [-0.39, 0.29) is 5.91 Å². The first-order valence-corrected chi connectivity index (χ1v) is 7.66. The second kappa shape index (κ2) is 7.38. The van der Waals surface area contributed by atoms with E-state index in [1.165, 1.54) is 7.11 Å². The third-order valence-electron chi connectivity index (χ3n) is 3.30. The second-order valence-electron chi connectivity index (χ2n) is 5.42. The molecular weight excluding hydrogens is 314 g/mol. The molecule has 4 nitrogen and oxygen atoms in total. The van der Waals surface area contributed by atoms with Crippen LogP contribution in [-0.2, 0) is 4.79 Å². The highest BCUT2D eigenvalue weighted by Gasteiger charge is 2.17. The van der Waals surface area contributed by atoms with Crippen LogP contribution in [0.15, 0.2) is 36.4 Å². The Hall–Kier alpha value is -2.20. The van der Waals surface area contributed by atoms with Gasteiger partial charge in [0.05, 0.1) is 12.8 Å². The quantitative estimate of drug-likeness (QED) is 0.883. The maximum atomic E-state index is 12.3. The van der Waals surface area contributed by atoms with Crippen molar-refractivity contribution < 1.29 is 14.3 Å². The van der Waals surface area contributed by atoms with E-state index in [1.54, 1.807) is 25.1 Å². The fraction of sp³-hybridized carbons (Fsp3) is 0.278. The molecule has 122 valence electrons. The van der Waals surface area contributed by atoms with Crippen LogP contribution < -0.4 is 14.8 Å². The van der Waals surface area contributed by atoms with Crippen molar-refractivity contribution >= 4 is 23.2 Å². The van der Waals surface area contributed by atoms with Crippen molar-refractivity contribution in [2.45, 2.75) is 26.9 Å². The van der Waals surface area contributed by atoms with E-state index in [1.807, 2.05) is 26.0 Å². The molecule has 2 rings (SSSR count). The van der Waals surface area contributed by atoms with E-state index in [4.69, 9.17) is 21.1 Å². The van der Waals surface area contributed by atoms with Crippen LogP contribution in [0.4, 0.5) is 5.69 Å². The van der Waals surface area contributed by atoms with Crippen LogP contribution in [0.2, 0.25) is 5.02 Å². The van der Waals surface area contributed by atoms with Gasteiger partial charge in [0, 0.05) is 5.02 Å². The van der Waals surface area contributed by atoms with E-state index in [9.17, 15) is 4.79 Å². The summed E-state index contributed by atoms with van der Waals surface area (Å²) in [5.74, 6) is 0.939. The number of halogens is 1. The van der Waals surface area contributed by atoms with Gasteiger partial charge >= 0.3 is 0 Å². The molecule has 0 aliphatic carbocycles. The Kier molecular flexibility index (Phi) is 5.50. The molecule has 0 fully saturated rings. The molecule has 0 spiro atoms. The van der Waals surface area contributed by atoms with Gasteiger partial charge in [0.2, 0.25) is 0 Å². The van der Waals surface area contributed by atoms with Crippen LogP contribution >= 0.6 is 11.6 Å². The summed E-state index contributed by atoms with van der Waals surface area (Å²) in [5, 5.41) is 3.30. The predicted octanol–water partition coefficient (Wildman–Crippen LogP) is 4.37. The Balaban J connectivity index is 2.09. The summed E-state index contributed by atoms with van der Waals surface area (Å²) in [5.41, 5.74) is 2.69. The largest absolute Gasteiger partial charge is 0.495 e. The predicted molar refractivity (Wildman–Crippen MR) is 92.6 cm³/mol. The van der Waals surface area contributed by atoms with Crippen LogP contribution in [0.1, 0.15) is 18.1 Å². The molecule has 0 saturated carbocycles. The molecular formula is C18H20ClNO3. The zero-order valence-corrected chi connectivity index (χ0v) is 14.4. The fourth-order valence-electron chi connectivity index (χ4n) is 2.27. The number of hydrogen-bond donors (Lipinski definition) is 1. The van der Waals surface area contributed by atoms with Gasteiger partial charge in [-0.3, -0.25) is 4.79 Å². The van der Waals surface area contributed by atoms with Crippen LogP contribution in [0.25, 0.3) is 0 Å². The van der Waals surface area contributed by atoms with Crippen LogP contribution in [0, 0.1) is 13.8 Å². The molecule has 2 aromatic rings. The maximum Gasteiger partial charge on any atom is 0.265 e. The second-order valence-corrected chi connectivity index (χ2v) is 5.85. The lowest BCUT2D eigenvalue weighted by Crippen LogP contribution is -2.30. The van der Waals surface area contributed by atoms with E-state index < -0.39 is 6.10 Å². The Labute approximate surface area is 141 Å². The Bertz CT molecular complexity index is 695. The molecule has 23 heavy (non-hydrogen) atoms. The number of ether oxygens (including phenoxy) is 2. The number of rotatable bonds is 5. The number of benzene rings is 2. The molecule has 0 aliphatic heterocycles. The average molecular weight is 334 g/mol. The summed E-state index contributed by atoms with van der Waals surface area (Å²) in [6, 6.07) is 10.9. The van der Waals surface area contributed by atoms with Gasteiger partial charge < -0.3 is 14.8 Å². The fourth-order valence-corrected chi connectivity index (χ4v) is 2.44. The minimum absolute atomic E-state index is 0.273. The lowest BCUT2D eigenvalue weighted by atomic mass is 10.1. The average Bonchev–Trinajstić information content (AvgIpc) is 2.46. The number of carbonyl (C=O) groups excluding carboxylic acids is 1. The molecule has 0 aromatic heterocycles. The first-order chi connectivity index (χ1) is 10.9. The molecule has 1 amide bonds. The Morgan fingerprint density at radius 3 is 2.39 bits per heavy atom. The lowest BCUT2D eigenvalue weighted by molar-refractivity contribution is -0.122. The number of anilines is 1. The van der Waals surface area contributed by atoms with Crippen molar-refractivity contribution in [3.8, 4) is 11.5 Å². The minimum Gasteiger partial charge on any atom is -0.495 e. The third-order valence-corrected chi connectivity index (χ3v) is 3.53. The van der Waals surface area contributed by atoms with Gasteiger partial charge in [-0.25, -0.2) is 0 Å². The molecule has 0 unspecified atom stereocenters. The van der Waals surface area contributed by atoms with Crippen molar-refractivity contribution in [2.24, 2.45) is 0 Å². The zero-order valence-electron chi connectivity index (χ0n) is 13.6. The summed E-state index contributed by atoms with van der Waals surface area (Å²) in [6.45, 7) is 5.67. The third kappa shape index (κ3) is 4.63. The number of hydrogen-bond acceptors (Lipinski definition) is 3. The zero-order chi connectivity index (χ0) is 17.0. The first-order valence-electron chi connectivity index (χ1n) is 7.28. The molecule has 1 atom stereocenters. The number of carbonyl (C=O) groups is 1. The highest BCUT2D eigenvalue weighted by atomic mass is 35.5. The molecule has 0 bridgehead atoms. The maximum absolute atomic E-state index is 12.3. The lowest BCUT2D eigenvalue weighted by Gasteiger charge is -2.17. The van der Waals surface area contributed by atoms with Crippen molar-refractivity contribution in [3.05, 3.63) is 52.5 Å². The van der Waals surface area contributed by atoms with Gasteiger partial charge in [-0.1, -0.05) is 17.7 Å². The van der Waals surface area contributed by atoms with Crippen LogP contribution in [0.5, 0.6) is 11.5 Å². The smallest absolute Gasteiger partial charge is 0.265 e. The molecule has 0 saturated heterocycles. The summed E-state index contributed by atoms with van der Waals surface area (Å²) in [6.07, 6.45) is -0.653. The molecule has 1 N–H and O–H groups in total. The monoisotopic (exact) mass is 333 g/mol.